The van der Waals surface area contributed by atoms with E-state index in [-0.39, 0.29) is 5.57 Å². The minimum Gasteiger partial charge on any atom is -0.495 e. The van der Waals surface area contributed by atoms with Gasteiger partial charge in [0.1, 0.15) is 17.4 Å². The molecule has 2 aromatic carbocycles. The third-order valence-corrected chi connectivity index (χ3v) is 4.05. The molecular weight excluding hydrogens is 350 g/mol. The molecule has 0 heterocycles. The second-order valence-electron chi connectivity index (χ2n) is 5.89. The van der Waals surface area contributed by atoms with Crippen LogP contribution in [-0.2, 0) is 4.79 Å². The second kappa shape index (κ2) is 8.41. The largest absolute Gasteiger partial charge is 0.495 e. The summed E-state index contributed by atoms with van der Waals surface area (Å²) >= 11 is 5.98. The Morgan fingerprint density at radius 2 is 1.85 bits per heavy atom. The minimum atomic E-state index is -0.490. The van der Waals surface area contributed by atoms with Crippen molar-refractivity contribution in [2.24, 2.45) is 0 Å². The van der Waals surface area contributed by atoms with Crippen molar-refractivity contribution in [3.63, 3.8) is 0 Å². The highest BCUT2D eigenvalue weighted by atomic mass is 35.5. The SMILES string of the molecule is COc1ccc(Cl)cc1N/C=C(/C#N)C(=O)Nc1c(C)cc(C)cc1C. The molecule has 0 radical (unpaired) electrons. The van der Waals surface area contributed by atoms with Gasteiger partial charge in [-0.05, 0) is 50.1 Å². The Kier molecular flexibility index (Phi) is 6.26. The van der Waals surface area contributed by atoms with Gasteiger partial charge in [-0.15, -0.1) is 0 Å². The van der Waals surface area contributed by atoms with Crippen LogP contribution in [-0.4, -0.2) is 13.0 Å². The summed E-state index contributed by atoms with van der Waals surface area (Å²) < 4.78 is 5.23. The predicted octanol–water partition coefficient (Wildman–Crippen LogP) is 4.73. The molecule has 26 heavy (non-hydrogen) atoms. The maximum absolute atomic E-state index is 12.5. The average molecular weight is 370 g/mol. The van der Waals surface area contributed by atoms with Crippen LogP contribution >= 0.6 is 11.6 Å². The fraction of sp³-hybridized carbons (Fsp3) is 0.200. The third-order valence-electron chi connectivity index (χ3n) is 3.81. The Bertz CT molecular complexity index is 891. The lowest BCUT2D eigenvalue weighted by Gasteiger charge is -2.13. The van der Waals surface area contributed by atoms with Gasteiger partial charge in [0.15, 0.2) is 0 Å². The number of amides is 1. The van der Waals surface area contributed by atoms with Crippen LogP contribution in [0, 0.1) is 32.1 Å². The molecule has 0 bridgehead atoms. The predicted molar refractivity (Wildman–Crippen MR) is 105 cm³/mol. The number of benzene rings is 2. The summed E-state index contributed by atoms with van der Waals surface area (Å²) in [7, 11) is 1.53. The summed E-state index contributed by atoms with van der Waals surface area (Å²) in [6.07, 6.45) is 1.34. The molecule has 0 spiro atoms. The maximum atomic E-state index is 12.5. The molecule has 0 aliphatic rings. The lowest BCUT2D eigenvalue weighted by molar-refractivity contribution is -0.112. The first-order valence-corrected chi connectivity index (χ1v) is 8.33. The van der Waals surface area contributed by atoms with Gasteiger partial charge in [-0.1, -0.05) is 29.3 Å². The summed E-state index contributed by atoms with van der Waals surface area (Å²) in [6.45, 7) is 5.83. The Labute approximate surface area is 158 Å². The molecule has 134 valence electrons. The zero-order chi connectivity index (χ0) is 19.3. The number of methoxy groups -OCH3 is 1. The summed E-state index contributed by atoms with van der Waals surface area (Å²) in [6, 6.07) is 10.9. The maximum Gasteiger partial charge on any atom is 0.267 e. The smallest absolute Gasteiger partial charge is 0.267 e. The zero-order valence-electron chi connectivity index (χ0n) is 15.1. The van der Waals surface area contributed by atoms with E-state index in [9.17, 15) is 10.1 Å². The van der Waals surface area contributed by atoms with E-state index in [0.717, 1.165) is 16.7 Å². The van der Waals surface area contributed by atoms with Gasteiger partial charge in [0.05, 0.1) is 12.8 Å². The molecule has 1 amide bonds. The number of nitriles is 1. The third kappa shape index (κ3) is 4.56. The number of hydrogen-bond donors (Lipinski definition) is 2. The lowest BCUT2D eigenvalue weighted by atomic mass is 10.0. The highest BCUT2D eigenvalue weighted by Crippen LogP contribution is 2.28. The van der Waals surface area contributed by atoms with E-state index in [4.69, 9.17) is 16.3 Å². The van der Waals surface area contributed by atoms with E-state index >= 15 is 0 Å². The molecule has 0 unspecified atom stereocenters. The van der Waals surface area contributed by atoms with Crippen LogP contribution in [0.15, 0.2) is 42.1 Å². The van der Waals surface area contributed by atoms with Gasteiger partial charge in [0, 0.05) is 16.9 Å². The monoisotopic (exact) mass is 369 g/mol. The van der Waals surface area contributed by atoms with Crippen molar-refractivity contribution in [2.45, 2.75) is 20.8 Å². The van der Waals surface area contributed by atoms with Crippen molar-refractivity contribution in [2.75, 3.05) is 17.7 Å². The zero-order valence-corrected chi connectivity index (χ0v) is 15.9. The first-order valence-electron chi connectivity index (χ1n) is 7.95. The minimum absolute atomic E-state index is 0.0635. The lowest BCUT2D eigenvalue weighted by Crippen LogP contribution is -2.16. The van der Waals surface area contributed by atoms with Crippen molar-refractivity contribution in [1.82, 2.24) is 0 Å². The van der Waals surface area contributed by atoms with Gasteiger partial charge in [-0.3, -0.25) is 4.79 Å². The van der Waals surface area contributed by atoms with E-state index in [1.54, 1.807) is 18.2 Å². The van der Waals surface area contributed by atoms with Crippen LogP contribution in [0.2, 0.25) is 5.02 Å². The molecule has 0 fully saturated rings. The van der Waals surface area contributed by atoms with Crippen LogP contribution in [0.4, 0.5) is 11.4 Å². The number of rotatable bonds is 5. The topological polar surface area (TPSA) is 74.1 Å². The van der Waals surface area contributed by atoms with Crippen LogP contribution in [0.25, 0.3) is 0 Å². The molecule has 2 aromatic rings. The molecule has 2 rings (SSSR count). The summed E-state index contributed by atoms with van der Waals surface area (Å²) in [5, 5.41) is 15.6. The summed E-state index contributed by atoms with van der Waals surface area (Å²) in [4.78, 5) is 12.5. The molecular formula is C20H20ClN3O2. The van der Waals surface area contributed by atoms with Crippen LogP contribution in [0.3, 0.4) is 0 Å². The number of halogens is 1. The number of ether oxygens (including phenoxy) is 1. The standard InChI is InChI=1S/C20H20ClN3O2/c1-12-7-13(2)19(14(3)8-12)24-20(25)15(10-22)11-23-17-9-16(21)5-6-18(17)26-4/h5-9,11,23H,1-4H3,(H,24,25)/b15-11-. The molecule has 0 aliphatic carbocycles. The molecule has 2 N–H and O–H groups in total. The quantitative estimate of drug-likeness (QED) is 0.590. The van der Waals surface area contributed by atoms with Gasteiger partial charge in [-0.2, -0.15) is 5.26 Å². The van der Waals surface area contributed by atoms with Crippen LogP contribution in [0.1, 0.15) is 16.7 Å². The van der Waals surface area contributed by atoms with Gasteiger partial charge in [-0.25, -0.2) is 0 Å². The number of nitrogens with one attached hydrogen (secondary N) is 2. The molecule has 0 saturated heterocycles. The van der Waals surface area contributed by atoms with Gasteiger partial charge < -0.3 is 15.4 Å². The molecule has 0 saturated carbocycles. The van der Waals surface area contributed by atoms with Crippen molar-refractivity contribution in [1.29, 1.82) is 5.26 Å². The van der Waals surface area contributed by atoms with Crippen LogP contribution in [0.5, 0.6) is 5.75 Å². The summed E-state index contributed by atoms with van der Waals surface area (Å²) in [5.41, 5.74) is 4.20. The number of aryl methyl sites for hydroxylation is 3. The van der Waals surface area contributed by atoms with Gasteiger partial charge in [0.25, 0.3) is 5.91 Å². The highest BCUT2D eigenvalue weighted by Gasteiger charge is 2.13. The van der Waals surface area contributed by atoms with Crippen molar-refractivity contribution in [3.05, 3.63) is 63.8 Å². The number of carbonyl (C=O) groups excluding carboxylic acids is 1. The molecule has 5 nitrogen and oxygen atoms in total. The Balaban J connectivity index is 2.23. The van der Waals surface area contributed by atoms with Crippen LogP contribution < -0.4 is 15.4 Å². The Morgan fingerprint density at radius 3 is 2.42 bits per heavy atom. The number of hydrogen-bond acceptors (Lipinski definition) is 4. The Hall–Kier alpha value is -2.97. The number of carbonyl (C=O) groups is 1. The number of anilines is 2. The summed E-state index contributed by atoms with van der Waals surface area (Å²) in [5.74, 6) is 0.0598. The van der Waals surface area contributed by atoms with Crippen molar-refractivity contribution >= 4 is 28.9 Å². The number of nitrogens with zero attached hydrogens (tertiary/aromatic N) is 1. The highest BCUT2D eigenvalue weighted by molar-refractivity contribution is 6.31. The van der Waals surface area contributed by atoms with E-state index in [1.165, 1.54) is 13.3 Å². The first-order chi connectivity index (χ1) is 12.3. The van der Waals surface area contributed by atoms with Crippen molar-refractivity contribution < 1.29 is 9.53 Å². The van der Waals surface area contributed by atoms with Crippen molar-refractivity contribution in [3.8, 4) is 11.8 Å². The first kappa shape index (κ1) is 19.4. The van der Waals surface area contributed by atoms with E-state index in [1.807, 2.05) is 39.0 Å². The van der Waals surface area contributed by atoms with E-state index in [0.29, 0.717) is 22.1 Å². The van der Waals surface area contributed by atoms with E-state index < -0.39 is 5.91 Å². The Morgan fingerprint density at radius 1 is 1.19 bits per heavy atom. The average Bonchev–Trinajstić information content (AvgIpc) is 2.58. The van der Waals surface area contributed by atoms with Gasteiger partial charge >= 0.3 is 0 Å². The fourth-order valence-electron chi connectivity index (χ4n) is 2.65. The second-order valence-corrected chi connectivity index (χ2v) is 6.32. The molecule has 0 aromatic heterocycles. The molecule has 0 atom stereocenters. The molecule has 0 aliphatic heterocycles. The normalized spacial score (nSPS) is 10.8. The van der Waals surface area contributed by atoms with E-state index in [2.05, 4.69) is 10.6 Å². The fourth-order valence-corrected chi connectivity index (χ4v) is 2.82. The van der Waals surface area contributed by atoms with Gasteiger partial charge in [0.2, 0.25) is 0 Å². The molecule has 6 heteroatoms.